The second kappa shape index (κ2) is 9.03. The van der Waals surface area contributed by atoms with Crippen LogP contribution in [0.4, 0.5) is 17.1 Å². The van der Waals surface area contributed by atoms with Crippen molar-refractivity contribution >= 4 is 46.1 Å². The van der Waals surface area contributed by atoms with Gasteiger partial charge in [-0.05, 0) is 53.9 Å². The molecule has 0 atom stereocenters. The largest absolute Gasteiger partial charge is 0.495 e. The lowest BCUT2D eigenvalue weighted by molar-refractivity contribution is -0.114. The zero-order valence-corrected chi connectivity index (χ0v) is 16.6. The molecule has 0 radical (unpaired) electrons. The summed E-state index contributed by atoms with van der Waals surface area (Å²) in [6, 6.07) is 15.1. The molecule has 1 aromatic heterocycles. The van der Waals surface area contributed by atoms with E-state index in [0.29, 0.717) is 33.3 Å². The number of thiophene rings is 1. The molecule has 0 unspecified atom stereocenters. The topological polar surface area (TPSA) is 96.5 Å². The number of hydrogen-bond donors (Lipinski definition) is 3. The molecule has 3 rings (SSSR count). The van der Waals surface area contributed by atoms with Gasteiger partial charge in [0.1, 0.15) is 5.75 Å². The standard InChI is InChI=1S/C21H19N3O4S/c1-13(25)22-16-9-10-18(28-2)17(12-16)24-20(26)14-5-7-15(8-6-14)23-21(27)19-4-3-11-29-19/h3-12H,1-2H3,(H,22,25)(H,23,27)(H,24,26). The third-order valence-electron chi connectivity index (χ3n) is 3.92. The Morgan fingerprint density at radius 3 is 2.21 bits per heavy atom. The number of anilines is 3. The second-order valence-electron chi connectivity index (χ2n) is 6.06. The molecule has 0 spiro atoms. The number of ether oxygens (including phenoxy) is 1. The van der Waals surface area contributed by atoms with Gasteiger partial charge in [0.2, 0.25) is 5.91 Å². The van der Waals surface area contributed by atoms with Gasteiger partial charge in [-0.2, -0.15) is 0 Å². The molecule has 0 aliphatic carbocycles. The zero-order chi connectivity index (χ0) is 20.8. The Hall–Kier alpha value is -3.65. The summed E-state index contributed by atoms with van der Waals surface area (Å²) >= 11 is 1.35. The quantitative estimate of drug-likeness (QED) is 0.568. The maximum absolute atomic E-state index is 12.6. The molecule has 29 heavy (non-hydrogen) atoms. The predicted octanol–water partition coefficient (Wildman–Crippen LogP) is 4.22. The summed E-state index contributed by atoms with van der Waals surface area (Å²) in [7, 11) is 1.49. The minimum atomic E-state index is -0.348. The van der Waals surface area contributed by atoms with E-state index < -0.39 is 0 Å². The average Bonchev–Trinajstić information content (AvgIpc) is 3.23. The van der Waals surface area contributed by atoms with E-state index in [9.17, 15) is 14.4 Å². The van der Waals surface area contributed by atoms with Gasteiger partial charge in [-0.15, -0.1) is 11.3 Å². The first kappa shape index (κ1) is 20.1. The molecule has 0 saturated carbocycles. The van der Waals surface area contributed by atoms with E-state index in [1.807, 2.05) is 11.4 Å². The molecule has 3 N–H and O–H groups in total. The first-order chi connectivity index (χ1) is 14.0. The van der Waals surface area contributed by atoms with Crippen molar-refractivity contribution in [1.82, 2.24) is 0 Å². The number of carbonyl (C=O) groups is 3. The van der Waals surface area contributed by atoms with E-state index >= 15 is 0 Å². The molecule has 3 amide bonds. The maximum atomic E-state index is 12.6. The summed E-state index contributed by atoms with van der Waals surface area (Å²) < 4.78 is 5.27. The van der Waals surface area contributed by atoms with Crippen LogP contribution in [0, 0.1) is 0 Å². The monoisotopic (exact) mass is 409 g/mol. The van der Waals surface area contributed by atoms with Crippen LogP contribution in [0.25, 0.3) is 0 Å². The Kier molecular flexibility index (Phi) is 6.25. The molecule has 0 bridgehead atoms. The summed E-state index contributed by atoms with van der Waals surface area (Å²) in [6.07, 6.45) is 0. The third-order valence-corrected chi connectivity index (χ3v) is 4.79. The summed E-state index contributed by atoms with van der Waals surface area (Å²) in [6.45, 7) is 1.40. The van der Waals surface area contributed by atoms with E-state index in [1.165, 1.54) is 25.4 Å². The Labute approximate surface area is 171 Å². The van der Waals surface area contributed by atoms with Crippen LogP contribution in [0.1, 0.15) is 27.0 Å². The number of hydrogen-bond acceptors (Lipinski definition) is 5. The summed E-state index contributed by atoms with van der Waals surface area (Å²) in [5.41, 5.74) is 1.97. The molecule has 8 heteroatoms. The minimum absolute atomic E-state index is 0.197. The van der Waals surface area contributed by atoms with Crippen LogP contribution < -0.4 is 20.7 Å². The number of carbonyl (C=O) groups excluding carboxylic acids is 3. The fourth-order valence-corrected chi connectivity index (χ4v) is 3.21. The number of methoxy groups -OCH3 is 1. The molecular weight excluding hydrogens is 390 g/mol. The van der Waals surface area contributed by atoms with Crippen molar-refractivity contribution < 1.29 is 19.1 Å². The van der Waals surface area contributed by atoms with Gasteiger partial charge in [0.05, 0.1) is 17.7 Å². The molecule has 3 aromatic rings. The van der Waals surface area contributed by atoms with E-state index in [0.717, 1.165) is 0 Å². The fraction of sp³-hybridized carbons (Fsp3) is 0.0952. The van der Waals surface area contributed by atoms with E-state index in [2.05, 4.69) is 16.0 Å². The second-order valence-corrected chi connectivity index (χ2v) is 7.01. The summed E-state index contributed by atoms with van der Waals surface area (Å²) in [4.78, 5) is 36.5. The van der Waals surface area contributed by atoms with Crippen LogP contribution >= 0.6 is 11.3 Å². The zero-order valence-electron chi connectivity index (χ0n) is 15.8. The fourth-order valence-electron chi connectivity index (χ4n) is 2.59. The highest BCUT2D eigenvalue weighted by Crippen LogP contribution is 2.28. The van der Waals surface area contributed by atoms with Crippen LogP contribution in [-0.2, 0) is 4.79 Å². The van der Waals surface area contributed by atoms with Crippen molar-refractivity contribution in [3.63, 3.8) is 0 Å². The van der Waals surface area contributed by atoms with Crippen molar-refractivity contribution in [1.29, 1.82) is 0 Å². The van der Waals surface area contributed by atoms with Crippen molar-refractivity contribution in [3.8, 4) is 5.75 Å². The minimum Gasteiger partial charge on any atom is -0.495 e. The number of benzene rings is 2. The molecule has 0 saturated heterocycles. The molecule has 1 heterocycles. The number of rotatable bonds is 6. The molecular formula is C21H19N3O4S. The van der Waals surface area contributed by atoms with Gasteiger partial charge < -0.3 is 20.7 Å². The normalized spacial score (nSPS) is 10.1. The molecule has 0 aliphatic rings. The smallest absolute Gasteiger partial charge is 0.265 e. The Balaban J connectivity index is 1.70. The number of amides is 3. The van der Waals surface area contributed by atoms with Gasteiger partial charge in [-0.3, -0.25) is 14.4 Å². The van der Waals surface area contributed by atoms with Crippen molar-refractivity contribution in [2.75, 3.05) is 23.1 Å². The van der Waals surface area contributed by atoms with Crippen molar-refractivity contribution in [2.24, 2.45) is 0 Å². The van der Waals surface area contributed by atoms with Crippen LogP contribution in [0.2, 0.25) is 0 Å². The average molecular weight is 409 g/mol. The molecule has 7 nitrogen and oxygen atoms in total. The Bertz CT molecular complexity index is 1030. The first-order valence-electron chi connectivity index (χ1n) is 8.68. The molecule has 0 aliphatic heterocycles. The SMILES string of the molecule is COc1ccc(NC(C)=O)cc1NC(=O)c1ccc(NC(=O)c2cccs2)cc1. The lowest BCUT2D eigenvalue weighted by Gasteiger charge is -2.13. The maximum Gasteiger partial charge on any atom is 0.265 e. The van der Waals surface area contributed by atoms with Gasteiger partial charge in [0, 0.05) is 23.9 Å². The third kappa shape index (κ3) is 5.20. The summed E-state index contributed by atoms with van der Waals surface area (Å²) in [5, 5.41) is 10.0. The lowest BCUT2D eigenvalue weighted by Crippen LogP contribution is -2.14. The van der Waals surface area contributed by atoms with Gasteiger partial charge in [0.15, 0.2) is 0 Å². The van der Waals surface area contributed by atoms with Crippen LogP contribution in [0.15, 0.2) is 60.0 Å². The van der Waals surface area contributed by atoms with Crippen molar-refractivity contribution in [3.05, 3.63) is 70.4 Å². The highest BCUT2D eigenvalue weighted by molar-refractivity contribution is 7.12. The van der Waals surface area contributed by atoms with Gasteiger partial charge in [-0.1, -0.05) is 6.07 Å². The van der Waals surface area contributed by atoms with Gasteiger partial charge >= 0.3 is 0 Å². The van der Waals surface area contributed by atoms with Gasteiger partial charge in [0.25, 0.3) is 11.8 Å². The molecule has 2 aromatic carbocycles. The Morgan fingerprint density at radius 1 is 0.862 bits per heavy atom. The van der Waals surface area contributed by atoms with Crippen LogP contribution in [0.3, 0.4) is 0 Å². The Morgan fingerprint density at radius 2 is 1.59 bits per heavy atom. The summed E-state index contributed by atoms with van der Waals surface area (Å²) in [5.74, 6) is -0.295. The van der Waals surface area contributed by atoms with Crippen LogP contribution in [-0.4, -0.2) is 24.8 Å². The van der Waals surface area contributed by atoms with E-state index in [-0.39, 0.29) is 17.7 Å². The number of nitrogens with one attached hydrogen (secondary N) is 3. The highest BCUT2D eigenvalue weighted by Gasteiger charge is 2.12. The lowest BCUT2D eigenvalue weighted by atomic mass is 10.1. The first-order valence-corrected chi connectivity index (χ1v) is 9.56. The van der Waals surface area contributed by atoms with Crippen molar-refractivity contribution in [2.45, 2.75) is 6.92 Å². The van der Waals surface area contributed by atoms with Crippen LogP contribution in [0.5, 0.6) is 5.75 Å². The molecule has 148 valence electrons. The van der Waals surface area contributed by atoms with E-state index in [4.69, 9.17) is 4.74 Å². The highest BCUT2D eigenvalue weighted by atomic mass is 32.1. The van der Waals surface area contributed by atoms with E-state index in [1.54, 1.807) is 48.5 Å². The van der Waals surface area contributed by atoms with Gasteiger partial charge in [-0.25, -0.2) is 0 Å². The predicted molar refractivity (Wildman–Crippen MR) is 114 cm³/mol. The molecule has 0 fully saturated rings.